The average molecular weight is 474 g/mol. The van der Waals surface area contributed by atoms with Gasteiger partial charge in [-0.1, -0.05) is 5.16 Å². The van der Waals surface area contributed by atoms with Crippen molar-refractivity contribution in [2.24, 2.45) is 11.8 Å². The molecule has 0 radical (unpaired) electrons. The summed E-state index contributed by atoms with van der Waals surface area (Å²) < 4.78 is 12.1. The van der Waals surface area contributed by atoms with Gasteiger partial charge in [0, 0.05) is 24.7 Å². The molecule has 2 fully saturated rings. The summed E-state index contributed by atoms with van der Waals surface area (Å²) in [7, 11) is 4.15. The van der Waals surface area contributed by atoms with Crippen LogP contribution in [-0.2, 0) is 19.5 Å². The Morgan fingerprint density at radius 1 is 1.11 bits per heavy atom. The van der Waals surface area contributed by atoms with E-state index in [-0.39, 0.29) is 0 Å². The molecule has 0 unspecified atom stereocenters. The van der Waals surface area contributed by atoms with E-state index in [0.29, 0.717) is 11.5 Å². The number of likely N-dealkylation sites (tertiary alicyclic amines) is 1. The molecular weight excluding hydrogens is 438 g/mol. The summed E-state index contributed by atoms with van der Waals surface area (Å²) in [5, 5.41) is 14.6. The summed E-state index contributed by atoms with van der Waals surface area (Å²) in [6, 6.07) is 10.2. The molecule has 0 spiro atoms. The summed E-state index contributed by atoms with van der Waals surface area (Å²) in [5.41, 5.74) is 4.70. The maximum Gasteiger partial charge on any atom is 0.175 e. The fourth-order valence-electron chi connectivity index (χ4n) is 4.95. The molecule has 7 nitrogen and oxygen atoms in total. The minimum Gasteiger partial charge on any atom is -0.493 e. The average Bonchev–Trinajstić information content (AvgIpc) is 3.61. The molecule has 1 saturated carbocycles. The van der Waals surface area contributed by atoms with Gasteiger partial charge in [0.1, 0.15) is 11.8 Å². The molecule has 5 rings (SSSR count). The zero-order chi connectivity index (χ0) is 24.2. The lowest BCUT2D eigenvalue weighted by molar-refractivity contribution is 0.170. The lowest BCUT2D eigenvalue weighted by Crippen LogP contribution is -2.33. The summed E-state index contributed by atoms with van der Waals surface area (Å²) in [6.07, 6.45) is 8.68. The Morgan fingerprint density at radius 3 is 2.63 bits per heavy atom. The van der Waals surface area contributed by atoms with Crippen LogP contribution in [0.25, 0.3) is 11.0 Å². The SMILES string of the molecule is CN(C)Cc1c(OCC2CC2)ccc2c(CCC3CCN(Cc4ccc(C#N)cn4)CC3)noc12. The van der Waals surface area contributed by atoms with Gasteiger partial charge in [0.25, 0.3) is 0 Å². The first kappa shape index (κ1) is 23.8. The largest absolute Gasteiger partial charge is 0.493 e. The van der Waals surface area contributed by atoms with Crippen LogP contribution in [-0.4, -0.2) is 53.7 Å². The van der Waals surface area contributed by atoms with Gasteiger partial charge in [0.15, 0.2) is 5.58 Å². The highest BCUT2D eigenvalue weighted by Crippen LogP contribution is 2.35. The number of fused-ring (bicyclic) bond motifs is 1. The standard InChI is InChI=1S/C28H35N5O2/c1-32(2)18-25-27(34-19-21-3-4-21)10-8-24-26(31-35-28(24)25)9-6-20-11-13-33(14-12-20)17-23-7-5-22(15-29)16-30-23/h5,7-8,10,16,20-21H,3-4,6,9,11-14,17-19H2,1-2H3. The molecule has 1 aliphatic carbocycles. The first-order valence-corrected chi connectivity index (χ1v) is 12.8. The molecule has 0 amide bonds. The molecule has 3 heterocycles. The van der Waals surface area contributed by atoms with Crippen molar-refractivity contribution in [1.29, 1.82) is 5.26 Å². The topological polar surface area (TPSA) is 78.4 Å². The quantitative estimate of drug-likeness (QED) is 0.419. The molecule has 7 heteroatoms. The molecule has 0 atom stereocenters. The Labute approximate surface area is 207 Å². The number of ether oxygens (including phenoxy) is 1. The minimum absolute atomic E-state index is 0.615. The molecule has 35 heavy (non-hydrogen) atoms. The van der Waals surface area contributed by atoms with Crippen LogP contribution in [0.15, 0.2) is 35.0 Å². The number of aryl methyl sites for hydroxylation is 1. The van der Waals surface area contributed by atoms with Crippen LogP contribution >= 0.6 is 0 Å². The zero-order valence-corrected chi connectivity index (χ0v) is 20.9. The van der Waals surface area contributed by atoms with E-state index in [1.54, 1.807) is 6.20 Å². The number of pyridine rings is 1. The zero-order valence-electron chi connectivity index (χ0n) is 20.9. The van der Waals surface area contributed by atoms with Crippen molar-refractivity contribution in [3.8, 4) is 11.8 Å². The molecule has 1 saturated heterocycles. The summed E-state index contributed by atoms with van der Waals surface area (Å²) in [4.78, 5) is 9.04. The van der Waals surface area contributed by atoms with E-state index in [9.17, 15) is 0 Å². The maximum atomic E-state index is 8.94. The second kappa shape index (κ2) is 10.8. The first-order valence-electron chi connectivity index (χ1n) is 12.8. The van der Waals surface area contributed by atoms with Crippen molar-refractivity contribution < 1.29 is 9.26 Å². The highest BCUT2D eigenvalue weighted by molar-refractivity contribution is 5.84. The predicted molar refractivity (Wildman–Crippen MR) is 135 cm³/mol. The van der Waals surface area contributed by atoms with Crippen molar-refractivity contribution >= 4 is 11.0 Å². The predicted octanol–water partition coefficient (Wildman–Crippen LogP) is 4.79. The normalized spacial score (nSPS) is 17.2. The van der Waals surface area contributed by atoms with Crippen LogP contribution in [0, 0.1) is 23.2 Å². The van der Waals surface area contributed by atoms with Crippen LogP contribution in [0.2, 0.25) is 0 Å². The van der Waals surface area contributed by atoms with Gasteiger partial charge in [-0.15, -0.1) is 0 Å². The number of piperidine rings is 1. The van der Waals surface area contributed by atoms with Crippen molar-refractivity contribution in [3.05, 3.63) is 53.0 Å². The second-order valence-electron chi connectivity index (χ2n) is 10.4. The second-order valence-corrected chi connectivity index (χ2v) is 10.4. The van der Waals surface area contributed by atoms with Crippen LogP contribution in [0.1, 0.15) is 54.6 Å². The number of hydrogen-bond donors (Lipinski definition) is 0. The fourth-order valence-corrected chi connectivity index (χ4v) is 4.95. The number of nitriles is 1. The highest BCUT2D eigenvalue weighted by atomic mass is 16.5. The van der Waals surface area contributed by atoms with E-state index in [1.807, 2.05) is 12.1 Å². The molecule has 0 bridgehead atoms. The Kier molecular flexibility index (Phi) is 7.31. The van der Waals surface area contributed by atoms with Crippen molar-refractivity contribution in [2.75, 3.05) is 33.8 Å². The minimum atomic E-state index is 0.615. The van der Waals surface area contributed by atoms with Gasteiger partial charge >= 0.3 is 0 Å². The van der Waals surface area contributed by atoms with Crippen LogP contribution in [0.5, 0.6) is 5.75 Å². The first-order chi connectivity index (χ1) is 17.1. The molecule has 184 valence electrons. The lowest BCUT2D eigenvalue weighted by Gasteiger charge is -2.31. The van der Waals surface area contributed by atoms with E-state index in [0.717, 1.165) is 85.2 Å². The van der Waals surface area contributed by atoms with Crippen LogP contribution in [0.4, 0.5) is 0 Å². The molecule has 1 aliphatic heterocycles. The third-order valence-corrected chi connectivity index (χ3v) is 7.26. The van der Waals surface area contributed by atoms with Crippen molar-refractivity contribution in [3.63, 3.8) is 0 Å². The molecule has 3 aromatic rings. The Hall–Kier alpha value is -2.95. The highest BCUT2D eigenvalue weighted by Gasteiger charge is 2.24. The number of rotatable bonds is 10. The van der Waals surface area contributed by atoms with E-state index in [1.165, 1.54) is 25.7 Å². The summed E-state index contributed by atoms with van der Waals surface area (Å²) in [5.74, 6) is 2.36. The molecular formula is C28H35N5O2. The lowest BCUT2D eigenvalue weighted by atomic mass is 9.91. The van der Waals surface area contributed by atoms with E-state index in [2.05, 4.69) is 52.2 Å². The fraction of sp³-hybridized carbons (Fsp3) is 0.536. The van der Waals surface area contributed by atoms with Crippen LogP contribution in [0.3, 0.4) is 0 Å². The van der Waals surface area contributed by atoms with Gasteiger partial charge in [-0.25, -0.2) is 0 Å². The molecule has 1 aromatic carbocycles. The Balaban J connectivity index is 1.17. The third kappa shape index (κ3) is 6.01. The van der Waals surface area contributed by atoms with Gasteiger partial charge < -0.3 is 14.2 Å². The van der Waals surface area contributed by atoms with Gasteiger partial charge in [-0.05, 0) is 102 Å². The van der Waals surface area contributed by atoms with Crippen molar-refractivity contribution in [1.82, 2.24) is 19.9 Å². The smallest absolute Gasteiger partial charge is 0.175 e. The number of nitrogens with zero attached hydrogens (tertiary/aromatic N) is 5. The summed E-state index contributed by atoms with van der Waals surface area (Å²) in [6.45, 7) is 4.60. The van der Waals surface area contributed by atoms with Gasteiger partial charge in [-0.2, -0.15) is 5.26 Å². The van der Waals surface area contributed by atoms with E-state index < -0.39 is 0 Å². The Bertz CT molecular complexity index is 1170. The Morgan fingerprint density at radius 2 is 1.94 bits per heavy atom. The number of benzene rings is 1. The summed E-state index contributed by atoms with van der Waals surface area (Å²) >= 11 is 0. The monoisotopic (exact) mass is 473 g/mol. The molecule has 2 aromatic heterocycles. The van der Waals surface area contributed by atoms with Crippen LogP contribution < -0.4 is 4.74 Å². The number of hydrogen-bond acceptors (Lipinski definition) is 7. The maximum absolute atomic E-state index is 8.94. The van der Waals surface area contributed by atoms with Gasteiger partial charge in [0.05, 0.1) is 29.1 Å². The van der Waals surface area contributed by atoms with E-state index >= 15 is 0 Å². The van der Waals surface area contributed by atoms with Gasteiger partial charge in [-0.3, -0.25) is 9.88 Å². The molecule has 2 aliphatic rings. The van der Waals surface area contributed by atoms with E-state index in [4.69, 9.17) is 14.5 Å². The molecule has 0 N–H and O–H groups in total. The number of aromatic nitrogens is 2. The third-order valence-electron chi connectivity index (χ3n) is 7.26. The van der Waals surface area contributed by atoms with Gasteiger partial charge in [0.2, 0.25) is 0 Å². The van der Waals surface area contributed by atoms with Crippen molar-refractivity contribution in [2.45, 2.75) is 51.6 Å².